The van der Waals surface area contributed by atoms with Crippen LogP contribution in [0.2, 0.25) is 0 Å². The van der Waals surface area contributed by atoms with Crippen molar-refractivity contribution in [2.24, 2.45) is 0 Å². The highest BCUT2D eigenvalue weighted by Crippen LogP contribution is 2.27. The van der Waals surface area contributed by atoms with Crippen LogP contribution in [-0.2, 0) is 12.3 Å². The molecule has 0 saturated heterocycles. The number of nitrogens with zero attached hydrogens (tertiary/aromatic N) is 3. The maximum Gasteiger partial charge on any atom is 0.191 e. The van der Waals surface area contributed by atoms with Crippen LogP contribution in [0.5, 0.6) is 0 Å². The Morgan fingerprint density at radius 2 is 1.78 bits per heavy atom. The van der Waals surface area contributed by atoms with Crippen LogP contribution in [0.4, 0.5) is 0 Å². The van der Waals surface area contributed by atoms with Crippen molar-refractivity contribution in [3.63, 3.8) is 0 Å². The maximum absolute atomic E-state index is 4.38. The van der Waals surface area contributed by atoms with E-state index >= 15 is 0 Å². The average molecular weight is 453 g/mol. The van der Waals surface area contributed by atoms with Crippen LogP contribution >= 0.6 is 43.6 Å². The van der Waals surface area contributed by atoms with Crippen LogP contribution in [0.3, 0.4) is 0 Å². The number of hydrogen-bond donors (Lipinski definition) is 0. The van der Waals surface area contributed by atoms with Gasteiger partial charge in [0.1, 0.15) is 0 Å². The van der Waals surface area contributed by atoms with Crippen molar-refractivity contribution in [2.75, 3.05) is 0 Å². The van der Waals surface area contributed by atoms with Gasteiger partial charge in [-0.15, -0.1) is 10.2 Å². The lowest BCUT2D eigenvalue weighted by Crippen LogP contribution is -1.99. The molecule has 0 amide bonds. The summed E-state index contributed by atoms with van der Waals surface area (Å²) in [6, 6.07) is 16.5. The second-order valence-electron chi connectivity index (χ2n) is 4.98. The van der Waals surface area contributed by atoms with Crippen LogP contribution in [-0.4, -0.2) is 14.8 Å². The summed E-state index contributed by atoms with van der Waals surface area (Å²) in [7, 11) is 0. The van der Waals surface area contributed by atoms with Crippen molar-refractivity contribution in [3.05, 3.63) is 63.0 Å². The first kappa shape index (κ1) is 16.7. The molecule has 1 heterocycles. The number of benzene rings is 2. The number of rotatable bonds is 5. The molecule has 0 saturated carbocycles. The molecule has 0 aliphatic carbocycles. The van der Waals surface area contributed by atoms with Gasteiger partial charge in [0, 0.05) is 26.8 Å². The van der Waals surface area contributed by atoms with Crippen molar-refractivity contribution in [1.29, 1.82) is 0 Å². The third-order valence-electron chi connectivity index (χ3n) is 3.39. The zero-order valence-electron chi connectivity index (χ0n) is 12.5. The molecule has 3 nitrogen and oxygen atoms in total. The fourth-order valence-electron chi connectivity index (χ4n) is 2.27. The number of thioether (sulfide) groups is 1. The average Bonchev–Trinajstić information content (AvgIpc) is 2.96. The summed E-state index contributed by atoms with van der Waals surface area (Å²) in [5.74, 6) is 1.79. The zero-order valence-corrected chi connectivity index (χ0v) is 16.5. The summed E-state index contributed by atoms with van der Waals surface area (Å²) >= 11 is 8.69. The largest absolute Gasteiger partial charge is 0.302 e. The molecular formula is C17H15Br2N3S. The second kappa shape index (κ2) is 7.64. The normalized spacial score (nSPS) is 10.9. The summed E-state index contributed by atoms with van der Waals surface area (Å²) in [4.78, 5) is 0. The predicted molar refractivity (Wildman–Crippen MR) is 103 cm³/mol. The summed E-state index contributed by atoms with van der Waals surface area (Å²) < 4.78 is 4.32. The quantitative estimate of drug-likeness (QED) is 0.459. The highest BCUT2D eigenvalue weighted by atomic mass is 79.9. The van der Waals surface area contributed by atoms with E-state index in [4.69, 9.17) is 0 Å². The third kappa shape index (κ3) is 4.05. The lowest BCUT2D eigenvalue weighted by molar-refractivity contribution is 0.687. The Morgan fingerprint density at radius 1 is 1.00 bits per heavy atom. The monoisotopic (exact) mass is 451 g/mol. The standard InChI is InChI=1S/C17H15Br2N3S/c1-2-22-16(13-6-8-14(18)9-7-13)20-21-17(22)23-11-12-4-3-5-15(19)10-12/h3-10H,2,11H2,1H3. The highest BCUT2D eigenvalue weighted by Gasteiger charge is 2.13. The Hall–Kier alpha value is -1.11. The smallest absolute Gasteiger partial charge is 0.191 e. The van der Waals surface area contributed by atoms with Gasteiger partial charge in [-0.2, -0.15) is 0 Å². The summed E-state index contributed by atoms with van der Waals surface area (Å²) in [5, 5.41) is 9.71. The molecule has 23 heavy (non-hydrogen) atoms. The van der Waals surface area contributed by atoms with Crippen molar-refractivity contribution in [3.8, 4) is 11.4 Å². The van der Waals surface area contributed by atoms with Crippen molar-refractivity contribution < 1.29 is 0 Å². The van der Waals surface area contributed by atoms with Crippen LogP contribution in [0, 0.1) is 0 Å². The van der Waals surface area contributed by atoms with E-state index < -0.39 is 0 Å². The Labute approximate surface area is 156 Å². The molecule has 0 atom stereocenters. The van der Waals surface area contributed by atoms with Gasteiger partial charge in [-0.1, -0.05) is 67.9 Å². The highest BCUT2D eigenvalue weighted by molar-refractivity contribution is 9.10. The third-order valence-corrected chi connectivity index (χ3v) is 5.45. The fraction of sp³-hybridized carbons (Fsp3) is 0.176. The predicted octanol–water partition coefficient (Wildman–Crippen LogP) is 5.78. The zero-order chi connectivity index (χ0) is 16.2. The Kier molecular flexibility index (Phi) is 5.56. The van der Waals surface area contributed by atoms with Crippen molar-refractivity contribution >= 4 is 43.6 Å². The van der Waals surface area contributed by atoms with Gasteiger partial charge in [-0.05, 0) is 36.8 Å². The second-order valence-corrected chi connectivity index (χ2v) is 7.75. The molecule has 0 unspecified atom stereocenters. The number of halogens is 2. The molecule has 1 aromatic heterocycles. The van der Waals surface area contributed by atoms with Gasteiger partial charge in [0.15, 0.2) is 11.0 Å². The molecular weight excluding hydrogens is 438 g/mol. The van der Waals surface area contributed by atoms with Crippen LogP contribution in [0.15, 0.2) is 62.6 Å². The molecule has 2 aromatic carbocycles. The van der Waals surface area contributed by atoms with E-state index in [-0.39, 0.29) is 0 Å². The molecule has 0 bridgehead atoms. The minimum atomic E-state index is 0.846. The molecule has 0 radical (unpaired) electrons. The molecule has 0 N–H and O–H groups in total. The van der Waals surface area contributed by atoms with E-state index in [0.717, 1.165) is 37.8 Å². The number of hydrogen-bond acceptors (Lipinski definition) is 3. The minimum Gasteiger partial charge on any atom is -0.302 e. The van der Waals surface area contributed by atoms with Crippen LogP contribution in [0.1, 0.15) is 12.5 Å². The first-order valence-electron chi connectivity index (χ1n) is 7.23. The SMILES string of the molecule is CCn1c(SCc2cccc(Br)c2)nnc1-c1ccc(Br)cc1. The molecule has 0 aliphatic rings. The van der Waals surface area contributed by atoms with Crippen LogP contribution in [0.25, 0.3) is 11.4 Å². The van der Waals surface area contributed by atoms with E-state index in [0.29, 0.717) is 0 Å². The lowest BCUT2D eigenvalue weighted by Gasteiger charge is -2.07. The Bertz CT molecular complexity index is 800. The molecule has 6 heteroatoms. The van der Waals surface area contributed by atoms with Crippen molar-refractivity contribution in [2.45, 2.75) is 24.4 Å². The molecule has 118 valence electrons. The maximum atomic E-state index is 4.38. The van der Waals surface area contributed by atoms with Gasteiger partial charge in [0.25, 0.3) is 0 Å². The molecule has 0 fully saturated rings. The Morgan fingerprint density at radius 3 is 2.48 bits per heavy atom. The van der Waals surface area contributed by atoms with Gasteiger partial charge >= 0.3 is 0 Å². The van der Waals surface area contributed by atoms with E-state index in [1.807, 2.05) is 18.2 Å². The molecule has 3 rings (SSSR count). The van der Waals surface area contributed by atoms with E-state index in [2.05, 4.69) is 83.9 Å². The van der Waals surface area contributed by atoms with Gasteiger partial charge in [0.2, 0.25) is 0 Å². The first-order valence-corrected chi connectivity index (χ1v) is 9.81. The van der Waals surface area contributed by atoms with E-state index in [1.165, 1.54) is 5.56 Å². The summed E-state index contributed by atoms with van der Waals surface area (Å²) in [6.07, 6.45) is 0. The summed E-state index contributed by atoms with van der Waals surface area (Å²) in [5.41, 5.74) is 2.34. The first-order chi connectivity index (χ1) is 11.2. The molecule has 0 aliphatic heterocycles. The lowest BCUT2D eigenvalue weighted by atomic mass is 10.2. The van der Waals surface area contributed by atoms with Crippen LogP contribution < -0.4 is 0 Å². The van der Waals surface area contributed by atoms with Gasteiger partial charge in [0.05, 0.1) is 0 Å². The molecule has 3 aromatic rings. The Balaban J connectivity index is 1.82. The van der Waals surface area contributed by atoms with E-state index in [1.54, 1.807) is 11.8 Å². The van der Waals surface area contributed by atoms with Crippen molar-refractivity contribution in [1.82, 2.24) is 14.8 Å². The molecule has 0 spiro atoms. The van der Waals surface area contributed by atoms with E-state index in [9.17, 15) is 0 Å². The summed E-state index contributed by atoms with van der Waals surface area (Å²) in [6.45, 7) is 2.97. The van der Waals surface area contributed by atoms with Gasteiger partial charge < -0.3 is 4.57 Å². The minimum absolute atomic E-state index is 0.846. The fourth-order valence-corrected chi connectivity index (χ4v) is 3.92. The topological polar surface area (TPSA) is 30.7 Å². The number of aromatic nitrogens is 3. The van der Waals surface area contributed by atoms with Gasteiger partial charge in [-0.25, -0.2) is 0 Å². The van der Waals surface area contributed by atoms with Gasteiger partial charge in [-0.3, -0.25) is 0 Å².